The number of benzene rings is 1. The van der Waals surface area contributed by atoms with E-state index < -0.39 is 0 Å². The third kappa shape index (κ3) is 4.28. The van der Waals surface area contributed by atoms with Gasteiger partial charge < -0.3 is 10.2 Å². The number of carbonyl (C=O) groups is 1. The number of hydrogen-bond donors (Lipinski definition) is 1. The minimum absolute atomic E-state index is 0.202. The summed E-state index contributed by atoms with van der Waals surface area (Å²) in [7, 11) is 4.09. The van der Waals surface area contributed by atoms with Crippen LogP contribution in [0.25, 0.3) is 0 Å². The Kier molecular flexibility index (Phi) is 5.78. The van der Waals surface area contributed by atoms with Crippen LogP contribution in [-0.2, 0) is 37.3 Å². The van der Waals surface area contributed by atoms with E-state index in [0.717, 1.165) is 51.3 Å². The predicted molar refractivity (Wildman–Crippen MR) is 110 cm³/mol. The molecule has 4 rings (SSSR count). The van der Waals surface area contributed by atoms with Crippen LogP contribution in [0.2, 0.25) is 0 Å². The van der Waals surface area contributed by atoms with Crippen molar-refractivity contribution in [1.29, 1.82) is 0 Å². The van der Waals surface area contributed by atoms with E-state index in [4.69, 9.17) is 5.10 Å². The fraction of sp³-hybridized carbons (Fsp3) is 0.545. The molecule has 2 aliphatic rings. The summed E-state index contributed by atoms with van der Waals surface area (Å²) in [6.45, 7) is 4.61. The van der Waals surface area contributed by atoms with Gasteiger partial charge in [0.15, 0.2) is 0 Å². The van der Waals surface area contributed by atoms with Crippen molar-refractivity contribution in [1.82, 2.24) is 24.9 Å². The van der Waals surface area contributed by atoms with Gasteiger partial charge in [0, 0.05) is 52.1 Å². The van der Waals surface area contributed by atoms with Gasteiger partial charge in [0.25, 0.3) is 0 Å². The van der Waals surface area contributed by atoms with Crippen LogP contribution >= 0.6 is 0 Å². The first-order valence-corrected chi connectivity index (χ1v) is 10.4. The lowest BCUT2D eigenvalue weighted by molar-refractivity contribution is -0.130. The maximum Gasteiger partial charge on any atom is 0.222 e. The van der Waals surface area contributed by atoms with Gasteiger partial charge in [-0.3, -0.25) is 14.4 Å². The topological polar surface area (TPSA) is 53.4 Å². The van der Waals surface area contributed by atoms with Gasteiger partial charge in [0.1, 0.15) is 0 Å². The zero-order valence-electron chi connectivity index (χ0n) is 17.0. The summed E-state index contributed by atoms with van der Waals surface area (Å²) in [5, 5.41) is 8.11. The van der Waals surface area contributed by atoms with E-state index in [9.17, 15) is 4.79 Å². The van der Waals surface area contributed by atoms with E-state index in [-0.39, 0.29) is 5.91 Å². The second-order valence-corrected chi connectivity index (χ2v) is 8.20. The summed E-state index contributed by atoms with van der Waals surface area (Å²) in [5.74, 6) is 0.202. The van der Waals surface area contributed by atoms with Gasteiger partial charge >= 0.3 is 0 Å². The van der Waals surface area contributed by atoms with Crippen molar-refractivity contribution in [3.8, 4) is 0 Å². The summed E-state index contributed by atoms with van der Waals surface area (Å²) >= 11 is 0. The molecule has 1 N–H and O–H groups in total. The Bertz CT molecular complexity index is 807. The number of hydrogen-bond acceptors (Lipinski definition) is 4. The number of aryl methyl sites for hydroxylation is 2. The lowest BCUT2D eigenvalue weighted by atomic mass is 9.94. The van der Waals surface area contributed by atoms with Crippen LogP contribution in [-0.4, -0.2) is 58.7 Å². The van der Waals surface area contributed by atoms with E-state index in [1.54, 1.807) is 0 Å². The smallest absolute Gasteiger partial charge is 0.222 e. The highest BCUT2D eigenvalue weighted by Gasteiger charge is 2.25. The van der Waals surface area contributed by atoms with Crippen molar-refractivity contribution in [2.45, 2.75) is 51.4 Å². The fourth-order valence-corrected chi connectivity index (χ4v) is 4.31. The molecule has 0 fully saturated rings. The average molecular weight is 382 g/mol. The Hall–Kier alpha value is -2.18. The van der Waals surface area contributed by atoms with Crippen LogP contribution in [0.3, 0.4) is 0 Å². The van der Waals surface area contributed by atoms with Crippen molar-refractivity contribution >= 4 is 5.91 Å². The van der Waals surface area contributed by atoms with Gasteiger partial charge in [-0.2, -0.15) is 5.10 Å². The van der Waals surface area contributed by atoms with Crippen LogP contribution < -0.4 is 5.32 Å². The first kappa shape index (κ1) is 19.2. The summed E-state index contributed by atoms with van der Waals surface area (Å²) in [6.07, 6.45) is 3.35. The monoisotopic (exact) mass is 381 g/mol. The molecular formula is C22H31N5O. The number of rotatable bonds is 5. The molecule has 6 nitrogen and oxygen atoms in total. The summed E-state index contributed by atoms with van der Waals surface area (Å²) in [5.41, 5.74) is 5.09. The standard InChI is InChI=1S/C22H31N5O/c1-25-15-18-7-4-3-6-17(18)12-21(25)16-26(2)22(28)9-8-19-13-20-14-23-10-5-11-27(20)24-19/h3-4,6-7,13,21,23H,5,8-12,14-16H2,1-2H3/t21-/m1/s1. The number of nitrogens with one attached hydrogen (secondary N) is 1. The minimum atomic E-state index is 0.202. The van der Waals surface area contributed by atoms with Crippen molar-refractivity contribution < 1.29 is 4.79 Å². The summed E-state index contributed by atoms with van der Waals surface area (Å²) < 4.78 is 2.10. The molecule has 1 aromatic carbocycles. The van der Waals surface area contributed by atoms with E-state index >= 15 is 0 Å². The number of aromatic nitrogens is 2. The molecule has 0 spiro atoms. The van der Waals surface area contributed by atoms with E-state index in [2.05, 4.69) is 52.3 Å². The largest absolute Gasteiger partial charge is 0.344 e. The van der Waals surface area contributed by atoms with E-state index in [1.165, 1.54) is 16.8 Å². The van der Waals surface area contributed by atoms with Gasteiger partial charge in [0.2, 0.25) is 5.91 Å². The van der Waals surface area contributed by atoms with Gasteiger partial charge in [-0.1, -0.05) is 24.3 Å². The molecule has 2 aliphatic heterocycles. The molecule has 1 amide bonds. The summed E-state index contributed by atoms with van der Waals surface area (Å²) in [4.78, 5) is 17.0. The molecule has 0 unspecified atom stereocenters. The van der Waals surface area contributed by atoms with Crippen LogP contribution in [0.5, 0.6) is 0 Å². The molecule has 0 saturated heterocycles. The average Bonchev–Trinajstić information content (AvgIpc) is 2.95. The molecule has 150 valence electrons. The lowest BCUT2D eigenvalue weighted by Crippen LogP contribution is -2.46. The van der Waals surface area contributed by atoms with E-state index in [0.29, 0.717) is 18.9 Å². The fourth-order valence-electron chi connectivity index (χ4n) is 4.31. The van der Waals surface area contributed by atoms with Crippen LogP contribution in [0, 0.1) is 0 Å². The molecule has 0 aliphatic carbocycles. The van der Waals surface area contributed by atoms with Gasteiger partial charge in [0.05, 0.1) is 11.4 Å². The third-order valence-corrected chi connectivity index (χ3v) is 6.07. The number of amides is 1. The molecule has 3 heterocycles. The van der Waals surface area contributed by atoms with Gasteiger partial charge in [-0.15, -0.1) is 0 Å². The zero-order chi connectivity index (χ0) is 19.5. The third-order valence-electron chi connectivity index (χ3n) is 6.07. The van der Waals surface area contributed by atoms with Crippen molar-refractivity contribution in [3.05, 3.63) is 52.8 Å². The Balaban J connectivity index is 1.30. The maximum atomic E-state index is 12.7. The van der Waals surface area contributed by atoms with Crippen LogP contribution in [0.15, 0.2) is 30.3 Å². The number of carbonyl (C=O) groups excluding carboxylic acids is 1. The van der Waals surface area contributed by atoms with Gasteiger partial charge in [-0.05, 0) is 43.6 Å². The second kappa shape index (κ2) is 8.45. The van der Waals surface area contributed by atoms with Crippen molar-refractivity contribution in [2.75, 3.05) is 27.2 Å². The quantitative estimate of drug-likeness (QED) is 0.859. The Morgan fingerprint density at radius 3 is 3.00 bits per heavy atom. The molecule has 6 heteroatoms. The molecule has 0 saturated carbocycles. The molecule has 0 radical (unpaired) electrons. The maximum absolute atomic E-state index is 12.7. The number of fused-ring (bicyclic) bond motifs is 2. The number of nitrogens with zero attached hydrogens (tertiary/aromatic N) is 4. The van der Waals surface area contributed by atoms with E-state index in [1.807, 2.05) is 11.9 Å². The highest BCUT2D eigenvalue weighted by atomic mass is 16.2. The second-order valence-electron chi connectivity index (χ2n) is 8.20. The van der Waals surface area contributed by atoms with Crippen molar-refractivity contribution in [2.24, 2.45) is 0 Å². The first-order chi connectivity index (χ1) is 13.6. The van der Waals surface area contributed by atoms with Crippen LogP contribution in [0.4, 0.5) is 0 Å². The number of likely N-dealkylation sites (N-methyl/N-ethyl adjacent to an activating group) is 2. The van der Waals surface area contributed by atoms with Gasteiger partial charge in [-0.25, -0.2) is 0 Å². The Morgan fingerprint density at radius 2 is 2.14 bits per heavy atom. The zero-order valence-corrected chi connectivity index (χ0v) is 17.0. The first-order valence-electron chi connectivity index (χ1n) is 10.4. The van der Waals surface area contributed by atoms with Crippen molar-refractivity contribution in [3.63, 3.8) is 0 Å². The Labute approximate surface area is 167 Å². The highest BCUT2D eigenvalue weighted by Crippen LogP contribution is 2.22. The molecule has 2 aromatic rings. The minimum Gasteiger partial charge on any atom is -0.344 e. The molecule has 1 atom stereocenters. The molecule has 0 bridgehead atoms. The Morgan fingerprint density at radius 1 is 1.32 bits per heavy atom. The predicted octanol–water partition coefficient (Wildman–Crippen LogP) is 1.82. The SMILES string of the molecule is CN(C[C@H]1Cc2ccccc2CN1C)C(=O)CCc1cc2n(n1)CCCNC2. The van der Waals surface area contributed by atoms with Crippen LogP contribution in [0.1, 0.15) is 35.4 Å². The normalized spacial score (nSPS) is 19.6. The highest BCUT2D eigenvalue weighted by molar-refractivity contribution is 5.76. The lowest BCUT2D eigenvalue weighted by Gasteiger charge is -2.36. The molecule has 1 aromatic heterocycles. The molecule has 28 heavy (non-hydrogen) atoms. The molecular weight excluding hydrogens is 350 g/mol. The summed E-state index contributed by atoms with van der Waals surface area (Å²) in [6, 6.07) is 11.2.